The van der Waals surface area contributed by atoms with Gasteiger partial charge in [-0.15, -0.1) is 0 Å². The molecular weight excluding hydrogens is 225 g/mol. The first-order chi connectivity index (χ1) is 6.93. The van der Waals surface area contributed by atoms with Crippen molar-refractivity contribution >= 4 is 11.8 Å². The molecule has 0 aromatic rings. The third kappa shape index (κ3) is 5.57. The SMILES string of the molecule is CC(NC(=O)C(F)(F)F)C(=O)NC(C)(C)C. The molecule has 7 heteroatoms. The maximum absolute atomic E-state index is 11.9. The third-order valence-electron chi connectivity index (χ3n) is 1.50. The average molecular weight is 240 g/mol. The molecule has 0 radical (unpaired) electrons. The first kappa shape index (κ1) is 14.7. The van der Waals surface area contributed by atoms with Crippen molar-refractivity contribution in [3.63, 3.8) is 0 Å². The Morgan fingerprint density at radius 1 is 1.12 bits per heavy atom. The lowest BCUT2D eigenvalue weighted by Gasteiger charge is -2.23. The van der Waals surface area contributed by atoms with Crippen molar-refractivity contribution in [2.45, 2.75) is 45.5 Å². The monoisotopic (exact) mass is 240 g/mol. The molecule has 0 saturated carbocycles. The minimum Gasteiger partial charge on any atom is -0.350 e. The highest BCUT2D eigenvalue weighted by atomic mass is 19.4. The molecule has 2 amide bonds. The van der Waals surface area contributed by atoms with E-state index in [2.05, 4.69) is 5.32 Å². The number of carbonyl (C=O) groups is 2. The lowest BCUT2D eigenvalue weighted by molar-refractivity contribution is -0.174. The summed E-state index contributed by atoms with van der Waals surface area (Å²) in [4.78, 5) is 21.9. The average Bonchev–Trinajstić information content (AvgIpc) is 1.98. The molecular formula is C9H15F3N2O2. The van der Waals surface area contributed by atoms with Gasteiger partial charge in [-0.25, -0.2) is 0 Å². The Morgan fingerprint density at radius 3 is 1.88 bits per heavy atom. The number of carbonyl (C=O) groups excluding carboxylic acids is 2. The summed E-state index contributed by atoms with van der Waals surface area (Å²) in [6.45, 7) is 6.24. The van der Waals surface area contributed by atoms with Gasteiger partial charge in [0.05, 0.1) is 0 Å². The Balaban J connectivity index is 4.33. The second-order valence-corrected chi connectivity index (χ2v) is 4.43. The van der Waals surface area contributed by atoms with E-state index in [0.717, 1.165) is 0 Å². The molecule has 0 aromatic carbocycles. The second kappa shape index (κ2) is 4.71. The molecule has 1 unspecified atom stereocenters. The van der Waals surface area contributed by atoms with Crippen LogP contribution in [0.5, 0.6) is 0 Å². The van der Waals surface area contributed by atoms with Gasteiger partial charge >= 0.3 is 12.1 Å². The minimum atomic E-state index is -4.98. The third-order valence-corrected chi connectivity index (χ3v) is 1.50. The lowest BCUT2D eigenvalue weighted by atomic mass is 10.1. The Hall–Kier alpha value is -1.27. The van der Waals surface area contributed by atoms with Gasteiger partial charge in [-0.3, -0.25) is 9.59 Å². The van der Waals surface area contributed by atoms with Crippen molar-refractivity contribution in [2.75, 3.05) is 0 Å². The van der Waals surface area contributed by atoms with E-state index in [4.69, 9.17) is 0 Å². The van der Waals surface area contributed by atoms with Crippen LogP contribution < -0.4 is 10.6 Å². The van der Waals surface area contributed by atoms with Crippen LogP contribution in [-0.4, -0.2) is 29.6 Å². The molecule has 0 aliphatic rings. The number of amides is 2. The maximum atomic E-state index is 11.9. The Bertz CT molecular complexity index is 281. The zero-order valence-electron chi connectivity index (χ0n) is 9.53. The van der Waals surface area contributed by atoms with E-state index >= 15 is 0 Å². The van der Waals surface area contributed by atoms with Crippen LogP contribution in [0.4, 0.5) is 13.2 Å². The highest BCUT2D eigenvalue weighted by Gasteiger charge is 2.40. The molecule has 0 aromatic heterocycles. The van der Waals surface area contributed by atoms with Crippen LogP contribution >= 0.6 is 0 Å². The number of hydrogen-bond acceptors (Lipinski definition) is 2. The predicted molar refractivity (Wildman–Crippen MR) is 51.6 cm³/mol. The molecule has 0 spiro atoms. The molecule has 16 heavy (non-hydrogen) atoms. The summed E-state index contributed by atoms with van der Waals surface area (Å²) in [5.74, 6) is -2.78. The standard InChI is InChI=1S/C9H15F3N2O2/c1-5(6(15)14-8(2,3)4)13-7(16)9(10,11)12/h5H,1-4H3,(H,13,16)(H,14,15). The zero-order valence-corrected chi connectivity index (χ0v) is 9.53. The van der Waals surface area contributed by atoms with Crippen molar-refractivity contribution in [2.24, 2.45) is 0 Å². The highest BCUT2D eigenvalue weighted by molar-refractivity contribution is 5.89. The van der Waals surface area contributed by atoms with Crippen LogP contribution in [0.1, 0.15) is 27.7 Å². The molecule has 0 aliphatic heterocycles. The minimum absolute atomic E-state index is 0.561. The summed E-state index contributed by atoms with van der Waals surface area (Å²) in [7, 11) is 0. The van der Waals surface area contributed by atoms with Crippen molar-refractivity contribution < 1.29 is 22.8 Å². The quantitative estimate of drug-likeness (QED) is 0.755. The van der Waals surface area contributed by atoms with Crippen LogP contribution in [0, 0.1) is 0 Å². The Labute approximate surface area is 91.6 Å². The number of rotatable bonds is 2. The summed E-state index contributed by atoms with van der Waals surface area (Å²) in [5.41, 5.74) is -0.561. The summed E-state index contributed by atoms with van der Waals surface area (Å²) in [6.07, 6.45) is -4.98. The van der Waals surface area contributed by atoms with E-state index in [1.807, 2.05) is 0 Å². The molecule has 0 heterocycles. The fourth-order valence-corrected chi connectivity index (χ4v) is 0.822. The molecule has 0 rings (SSSR count). The Morgan fingerprint density at radius 2 is 1.56 bits per heavy atom. The highest BCUT2D eigenvalue weighted by Crippen LogP contribution is 2.14. The van der Waals surface area contributed by atoms with Crippen LogP contribution in [0.3, 0.4) is 0 Å². The lowest BCUT2D eigenvalue weighted by Crippen LogP contribution is -2.53. The first-order valence-electron chi connectivity index (χ1n) is 4.63. The first-order valence-corrected chi connectivity index (χ1v) is 4.63. The van der Waals surface area contributed by atoms with E-state index in [1.165, 1.54) is 6.92 Å². The fraction of sp³-hybridized carbons (Fsp3) is 0.778. The van der Waals surface area contributed by atoms with E-state index in [1.54, 1.807) is 26.1 Å². The van der Waals surface area contributed by atoms with Gasteiger partial charge in [-0.05, 0) is 27.7 Å². The van der Waals surface area contributed by atoms with Gasteiger partial charge in [0.15, 0.2) is 0 Å². The van der Waals surface area contributed by atoms with E-state index in [-0.39, 0.29) is 0 Å². The second-order valence-electron chi connectivity index (χ2n) is 4.43. The summed E-state index contributed by atoms with van der Waals surface area (Å²) in [5, 5.41) is 4.02. The molecule has 0 aliphatic carbocycles. The van der Waals surface area contributed by atoms with Gasteiger partial charge in [0.2, 0.25) is 5.91 Å². The molecule has 0 bridgehead atoms. The van der Waals surface area contributed by atoms with E-state index in [9.17, 15) is 22.8 Å². The van der Waals surface area contributed by atoms with Crippen molar-refractivity contribution in [1.82, 2.24) is 10.6 Å². The number of halogens is 3. The van der Waals surface area contributed by atoms with Crippen molar-refractivity contribution in [1.29, 1.82) is 0 Å². The van der Waals surface area contributed by atoms with Crippen LogP contribution in [0.15, 0.2) is 0 Å². The molecule has 4 nitrogen and oxygen atoms in total. The largest absolute Gasteiger partial charge is 0.471 e. The number of nitrogens with one attached hydrogen (secondary N) is 2. The van der Waals surface area contributed by atoms with Gasteiger partial charge in [0.1, 0.15) is 6.04 Å². The number of alkyl halides is 3. The van der Waals surface area contributed by atoms with E-state index < -0.39 is 29.6 Å². The van der Waals surface area contributed by atoms with E-state index in [0.29, 0.717) is 0 Å². The van der Waals surface area contributed by atoms with Crippen LogP contribution in [0.25, 0.3) is 0 Å². The van der Waals surface area contributed by atoms with Crippen LogP contribution in [0.2, 0.25) is 0 Å². The van der Waals surface area contributed by atoms with Crippen molar-refractivity contribution in [3.05, 3.63) is 0 Å². The molecule has 2 N–H and O–H groups in total. The summed E-state index contributed by atoms with van der Waals surface area (Å²) in [6, 6.07) is -1.23. The van der Waals surface area contributed by atoms with Gasteiger partial charge in [-0.1, -0.05) is 0 Å². The van der Waals surface area contributed by atoms with Crippen molar-refractivity contribution in [3.8, 4) is 0 Å². The fourth-order valence-electron chi connectivity index (χ4n) is 0.822. The van der Waals surface area contributed by atoms with Gasteiger partial charge in [0.25, 0.3) is 0 Å². The topological polar surface area (TPSA) is 58.2 Å². The molecule has 0 fully saturated rings. The summed E-state index contributed by atoms with van der Waals surface area (Å²) >= 11 is 0. The maximum Gasteiger partial charge on any atom is 0.471 e. The molecule has 1 atom stereocenters. The zero-order chi connectivity index (χ0) is 13.1. The van der Waals surface area contributed by atoms with Crippen LogP contribution in [-0.2, 0) is 9.59 Å². The summed E-state index contributed by atoms with van der Waals surface area (Å²) < 4.78 is 35.6. The van der Waals surface area contributed by atoms with Gasteiger partial charge < -0.3 is 10.6 Å². The Kier molecular flexibility index (Phi) is 4.34. The predicted octanol–water partition coefficient (Wildman–Crippen LogP) is 0.968. The number of hydrogen-bond donors (Lipinski definition) is 2. The van der Waals surface area contributed by atoms with Gasteiger partial charge in [0, 0.05) is 5.54 Å². The molecule has 94 valence electrons. The smallest absolute Gasteiger partial charge is 0.350 e. The normalized spacial score (nSPS) is 14.2. The molecule has 0 saturated heterocycles. The van der Waals surface area contributed by atoms with Gasteiger partial charge in [-0.2, -0.15) is 13.2 Å².